The Kier molecular flexibility index (Phi) is 4.79. The highest BCUT2D eigenvalue weighted by Gasteiger charge is 2.02. The average Bonchev–Trinajstić information content (AvgIpc) is 2.16. The molecule has 0 amide bonds. The molecule has 0 heterocycles. The standard InChI is InChI=1S/C12H17NO3/c1-13(2)6-7-16-11-5-3-4-10(8-11)9-12(14)15/h3-5,8H,6-7,9H2,1-2H3,(H,14,15). The molecule has 1 N–H and O–H groups in total. The summed E-state index contributed by atoms with van der Waals surface area (Å²) in [6, 6.07) is 7.20. The van der Waals surface area contributed by atoms with Gasteiger partial charge in [0.05, 0.1) is 6.42 Å². The van der Waals surface area contributed by atoms with Gasteiger partial charge in [0, 0.05) is 6.54 Å². The van der Waals surface area contributed by atoms with Gasteiger partial charge in [-0.1, -0.05) is 12.1 Å². The molecular weight excluding hydrogens is 206 g/mol. The summed E-state index contributed by atoms with van der Waals surface area (Å²) in [4.78, 5) is 12.6. The average molecular weight is 223 g/mol. The summed E-state index contributed by atoms with van der Waals surface area (Å²) >= 11 is 0. The highest BCUT2D eigenvalue weighted by Crippen LogP contribution is 2.13. The van der Waals surface area contributed by atoms with Crippen LogP contribution in [0.3, 0.4) is 0 Å². The van der Waals surface area contributed by atoms with Crippen molar-refractivity contribution in [1.82, 2.24) is 4.90 Å². The fourth-order valence-corrected chi connectivity index (χ4v) is 1.27. The molecule has 0 radical (unpaired) electrons. The van der Waals surface area contributed by atoms with E-state index in [9.17, 15) is 4.79 Å². The number of ether oxygens (including phenoxy) is 1. The normalized spacial score (nSPS) is 10.4. The number of rotatable bonds is 6. The molecule has 4 heteroatoms. The third-order valence-corrected chi connectivity index (χ3v) is 2.06. The topological polar surface area (TPSA) is 49.8 Å². The molecule has 0 fully saturated rings. The van der Waals surface area contributed by atoms with Gasteiger partial charge >= 0.3 is 5.97 Å². The molecule has 0 atom stereocenters. The van der Waals surface area contributed by atoms with Crippen molar-refractivity contribution in [2.75, 3.05) is 27.2 Å². The smallest absolute Gasteiger partial charge is 0.307 e. The highest BCUT2D eigenvalue weighted by molar-refractivity contribution is 5.70. The van der Waals surface area contributed by atoms with Crippen LogP contribution in [-0.4, -0.2) is 43.2 Å². The lowest BCUT2D eigenvalue weighted by molar-refractivity contribution is -0.136. The molecule has 0 aromatic heterocycles. The molecule has 1 rings (SSSR count). The molecule has 88 valence electrons. The predicted molar refractivity (Wildman–Crippen MR) is 61.8 cm³/mol. The van der Waals surface area contributed by atoms with E-state index in [1.165, 1.54) is 0 Å². The van der Waals surface area contributed by atoms with Crippen LogP contribution in [0.1, 0.15) is 5.56 Å². The Morgan fingerprint density at radius 1 is 1.44 bits per heavy atom. The molecule has 0 unspecified atom stereocenters. The van der Waals surface area contributed by atoms with Crippen LogP contribution in [0.4, 0.5) is 0 Å². The van der Waals surface area contributed by atoms with Gasteiger partial charge in [0.15, 0.2) is 0 Å². The Labute approximate surface area is 95.5 Å². The maximum absolute atomic E-state index is 10.5. The fraction of sp³-hybridized carbons (Fsp3) is 0.417. The van der Waals surface area contributed by atoms with Crippen molar-refractivity contribution in [2.45, 2.75) is 6.42 Å². The van der Waals surface area contributed by atoms with Crippen molar-refractivity contribution in [3.8, 4) is 5.75 Å². The van der Waals surface area contributed by atoms with Crippen molar-refractivity contribution in [3.63, 3.8) is 0 Å². The number of carboxylic acids is 1. The van der Waals surface area contributed by atoms with Gasteiger partial charge in [0.25, 0.3) is 0 Å². The number of likely N-dealkylation sites (N-methyl/N-ethyl adjacent to an activating group) is 1. The maximum atomic E-state index is 10.5. The molecule has 0 bridgehead atoms. The SMILES string of the molecule is CN(C)CCOc1cccc(CC(=O)O)c1. The molecular formula is C12H17NO3. The Balaban J connectivity index is 2.50. The zero-order valence-corrected chi connectivity index (χ0v) is 9.64. The van der Waals surface area contributed by atoms with Gasteiger partial charge < -0.3 is 14.7 Å². The minimum absolute atomic E-state index is 0.0326. The summed E-state index contributed by atoms with van der Waals surface area (Å²) in [7, 11) is 3.95. The lowest BCUT2D eigenvalue weighted by Crippen LogP contribution is -2.19. The molecule has 0 saturated heterocycles. The molecule has 0 spiro atoms. The monoisotopic (exact) mass is 223 g/mol. The lowest BCUT2D eigenvalue weighted by atomic mass is 10.1. The van der Waals surface area contributed by atoms with Crippen LogP contribution in [0.2, 0.25) is 0 Å². The molecule has 0 aliphatic rings. The largest absolute Gasteiger partial charge is 0.492 e. The van der Waals surface area contributed by atoms with Crippen LogP contribution in [0.25, 0.3) is 0 Å². The van der Waals surface area contributed by atoms with Crippen LogP contribution in [0.15, 0.2) is 24.3 Å². The van der Waals surface area contributed by atoms with E-state index in [-0.39, 0.29) is 6.42 Å². The first-order valence-corrected chi connectivity index (χ1v) is 5.16. The number of nitrogens with zero attached hydrogens (tertiary/aromatic N) is 1. The van der Waals surface area contributed by atoms with E-state index < -0.39 is 5.97 Å². The second-order valence-electron chi connectivity index (χ2n) is 3.87. The van der Waals surface area contributed by atoms with Crippen molar-refractivity contribution in [2.24, 2.45) is 0 Å². The molecule has 0 saturated carbocycles. The molecule has 16 heavy (non-hydrogen) atoms. The maximum Gasteiger partial charge on any atom is 0.307 e. The summed E-state index contributed by atoms with van der Waals surface area (Å²) in [5, 5.41) is 8.66. The Morgan fingerprint density at radius 3 is 2.81 bits per heavy atom. The predicted octanol–water partition coefficient (Wildman–Crippen LogP) is 1.25. The summed E-state index contributed by atoms with van der Waals surface area (Å²) < 4.78 is 5.50. The Hall–Kier alpha value is -1.55. The van der Waals surface area contributed by atoms with Crippen molar-refractivity contribution in [1.29, 1.82) is 0 Å². The van der Waals surface area contributed by atoms with Crippen LogP contribution < -0.4 is 4.74 Å². The van der Waals surface area contributed by atoms with E-state index in [1.807, 2.05) is 31.1 Å². The third kappa shape index (κ3) is 4.79. The summed E-state index contributed by atoms with van der Waals surface area (Å²) in [5.41, 5.74) is 0.759. The minimum atomic E-state index is -0.828. The van der Waals surface area contributed by atoms with Crippen LogP contribution in [-0.2, 0) is 11.2 Å². The second-order valence-corrected chi connectivity index (χ2v) is 3.87. The van der Waals surface area contributed by atoms with Crippen molar-refractivity contribution in [3.05, 3.63) is 29.8 Å². The lowest BCUT2D eigenvalue weighted by Gasteiger charge is -2.11. The summed E-state index contributed by atoms with van der Waals surface area (Å²) in [6.45, 7) is 1.44. The molecule has 4 nitrogen and oxygen atoms in total. The minimum Gasteiger partial charge on any atom is -0.492 e. The molecule has 1 aromatic carbocycles. The highest BCUT2D eigenvalue weighted by atomic mass is 16.5. The number of benzene rings is 1. The number of hydrogen-bond donors (Lipinski definition) is 1. The van der Waals surface area contributed by atoms with Gasteiger partial charge in [-0.05, 0) is 31.8 Å². The van der Waals surface area contributed by atoms with E-state index in [1.54, 1.807) is 12.1 Å². The van der Waals surface area contributed by atoms with Gasteiger partial charge in [0.1, 0.15) is 12.4 Å². The molecule has 0 aliphatic heterocycles. The third-order valence-electron chi connectivity index (χ3n) is 2.06. The second kappa shape index (κ2) is 6.12. The van der Waals surface area contributed by atoms with E-state index in [4.69, 9.17) is 9.84 Å². The van der Waals surface area contributed by atoms with Gasteiger partial charge in [-0.25, -0.2) is 0 Å². The van der Waals surface area contributed by atoms with Crippen molar-refractivity contribution < 1.29 is 14.6 Å². The van der Waals surface area contributed by atoms with Crippen LogP contribution in [0.5, 0.6) is 5.75 Å². The zero-order chi connectivity index (χ0) is 12.0. The zero-order valence-electron chi connectivity index (χ0n) is 9.64. The first-order chi connectivity index (χ1) is 7.58. The summed E-state index contributed by atoms with van der Waals surface area (Å²) in [5.74, 6) is -0.106. The number of aliphatic carboxylic acids is 1. The Bertz CT molecular complexity index is 350. The molecule has 0 aliphatic carbocycles. The quantitative estimate of drug-likeness (QED) is 0.788. The fourth-order valence-electron chi connectivity index (χ4n) is 1.27. The van der Waals surface area contributed by atoms with E-state index in [0.717, 1.165) is 17.9 Å². The van der Waals surface area contributed by atoms with Crippen molar-refractivity contribution >= 4 is 5.97 Å². The number of carboxylic acid groups (broad SMARTS) is 1. The van der Waals surface area contributed by atoms with Crippen LogP contribution in [0, 0.1) is 0 Å². The van der Waals surface area contributed by atoms with Gasteiger partial charge in [0.2, 0.25) is 0 Å². The summed E-state index contributed by atoms with van der Waals surface area (Å²) in [6.07, 6.45) is 0.0326. The van der Waals surface area contributed by atoms with Crippen LogP contribution >= 0.6 is 0 Å². The molecule has 1 aromatic rings. The van der Waals surface area contributed by atoms with Gasteiger partial charge in [-0.15, -0.1) is 0 Å². The van der Waals surface area contributed by atoms with E-state index in [2.05, 4.69) is 0 Å². The van der Waals surface area contributed by atoms with Gasteiger partial charge in [-0.3, -0.25) is 4.79 Å². The van der Waals surface area contributed by atoms with E-state index in [0.29, 0.717) is 6.61 Å². The Morgan fingerprint density at radius 2 is 2.19 bits per heavy atom. The first kappa shape index (κ1) is 12.5. The van der Waals surface area contributed by atoms with Gasteiger partial charge in [-0.2, -0.15) is 0 Å². The number of carbonyl (C=O) groups is 1. The van der Waals surface area contributed by atoms with E-state index >= 15 is 0 Å². The number of hydrogen-bond acceptors (Lipinski definition) is 3. The first-order valence-electron chi connectivity index (χ1n) is 5.16.